The van der Waals surface area contributed by atoms with Crippen LogP contribution in [0.25, 0.3) is 6.08 Å². The van der Waals surface area contributed by atoms with Crippen LogP contribution >= 0.6 is 11.8 Å². The highest BCUT2D eigenvalue weighted by atomic mass is 32.2. The summed E-state index contributed by atoms with van der Waals surface area (Å²) in [4.78, 5) is 36.4. The fourth-order valence-electron chi connectivity index (χ4n) is 2.82. The summed E-state index contributed by atoms with van der Waals surface area (Å²) in [5.41, 5.74) is 2.01. The van der Waals surface area contributed by atoms with E-state index in [4.69, 9.17) is 4.74 Å². The third kappa shape index (κ3) is 5.26. The lowest BCUT2D eigenvalue weighted by molar-refractivity contribution is -0.115. The van der Waals surface area contributed by atoms with E-state index in [1.54, 1.807) is 24.3 Å². The van der Waals surface area contributed by atoms with Crippen molar-refractivity contribution < 1.29 is 19.1 Å². The van der Waals surface area contributed by atoms with Crippen LogP contribution in [0.15, 0.2) is 53.4 Å². The van der Waals surface area contributed by atoms with Crippen molar-refractivity contribution in [2.75, 3.05) is 6.61 Å². The lowest BCUT2D eigenvalue weighted by Crippen LogP contribution is -2.27. The van der Waals surface area contributed by atoms with Crippen LogP contribution in [-0.4, -0.2) is 23.7 Å². The van der Waals surface area contributed by atoms with Gasteiger partial charge in [-0.25, -0.2) is 0 Å². The first kappa shape index (κ1) is 20.7. The minimum absolute atomic E-state index is 0.182. The minimum atomic E-state index is -0.435. The van der Waals surface area contributed by atoms with E-state index in [1.807, 2.05) is 44.2 Å². The zero-order valence-electron chi connectivity index (χ0n) is 16.2. The Balaban J connectivity index is 1.87. The molecule has 0 saturated carbocycles. The van der Waals surface area contributed by atoms with Crippen LogP contribution in [0.4, 0.5) is 4.79 Å². The molecule has 1 atom stereocenters. The quantitative estimate of drug-likeness (QED) is 0.665. The number of hydrogen-bond acceptors (Lipinski definition) is 5. The summed E-state index contributed by atoms with van der Waals surface area (Å²) in [6.45, 7) is 4.39. The van der Waals surface area contributed by atoms with Gasteiger partial charge in [0.1, 0.15) is 5.75 Å². The van der Waals surface area contributed by atoms with E-state index in [1.165, 1.54) is 0 Å². The second kappa shape index (κ2) is 9.43. The van der Waals surface area contributed by atoms with Gasteiger partial charge in [0, 0.05) is 0 Å². The minimum Gasteiger partial charge on any atom is -0.493 e. The maximum Gasteiger partial charge on any atom is 0.290 e. The predicted octanol–water partition coefficient (Wildman–Crippen LogP) is 4.29. The summed E-state index contributed by atoms with van der Waals surface area (Å²) in [5.74, 6) is -0.228. The van der Waals surface area contributed by atoms with Crippen molar-refractivity contribution >= 4 is 34.9 Å². The summed E-state index contributed by atoms with van der Waals surface area (Å²) in [6.07, 6.45) is 2.40. The van der Waals surface area contributed by atoms with Gasteiger partial charge in [0.2, 0.25) is 0 Å². The lowest BCUT2D eigenvalue weighted by Gasteiger charge is -2.17. The highest BCUT2D eigenvalue weighted by Gasteiger charge is 2.25. The Labute approximate surface area is 173 Å². The summed E-state index contributed by atoms with van der Waals surface area (Å²) in [7, 11) is 0. The van der Waals surface area contributed by atoms with E-state index in [2.05, 4.69) is 10.6 Å². The van der Waals surface area contributed by atoms with Crippen molar-refractivity contribution in [2.45, 2.75) is 26.3 Å². The number of ether oxygens (including phenoxy) is 1. The van der Waals surface area contributed by atoms with Crippen molar-refractivity contribution in [1.29, 1.82) is 0 Å². The number of carbonyl (C=O) groups excluding carboxylic acids is 3. The first-order chi connectivity index (χ1) is 14.0. The molecule has 1 fully saturated rings. The van der Waals surface area contributed by atoms with Crippen LogP contribution in [0, 0.1) is 0 Å². The SMILES string of the molecule is CCCOc1ccc(/C=C2/SC(=O)NC2=O)cc1C(=O)N[C@@H](C)c1ccccc1. The number of amides is 3. The van der Waals surface area contributed by atoms with Crippen LogP contribution in [0.2, 0.25) is 0 Å². The van der Waals surface area contributed by atoms with Crippen molar-refractivity contribution in [3.8, 4) is 5.75 Å². The van der Waals surface area contributed by atoms with Gasteiger partial charge in [0.25, 0.3) is 17.1 Å². The van der Waals surface area contributed by atoms with E-state index < -0.39 is 11.1 Å². The molecule has 1 aliphatic rings. The van der Waals surface area contributed by atoms with Crippen molar-refractivity contribution in [1.82, 2.24) is 10.6 Å². The standard InChI is InChI=1S/C22H22N2O4S/c1-3-11-28-18-10-9-15(13-19-21(26)24-22(27)29-19)12-17(18)20(25)23-14(2)16-7-5-4-6-8-16/h4-10,12-14H,3,11H2,1-2H3,(H,23,25)(H,24,26,27)/b19-13+/t14-/m0/s1. The first-order valence-electron chi connectivity index (χ1n) is 9.35. The van der Waals surface area contributed by atoms with Crippen molar-refractivity contribution in [3.05, 3.63) is 70.1 Å². The Hall–Kier alpha value is -3.06. The van der Waals surface area contributed by atoms with Crippen molar-refractivity contribution in [2.24, 2.45) is 0 Å². The molecular formula is C22H22N2O4S. The number of hydrogen-bond donors (Lipinski definition) is 2. The average Bonchev–Trinajstić information content (AvgIpc) is 3.04. The molecule has 3 amide bonds. The zero-order valence-corrected chi connectivity index (χ0v) is 17.0. The molecule has 0 aromatic heterocycles. The van der Waals surface area contributed by atoms with Gasteiger partial charge in [0.15, 0.2) is 0 Å². The Morgan fingerprint density at radius 3 is 2.62 bits per heavy atom. The van der Waals surface area contributed by atoms with Crippen LogP contribution in [-0.2, 0) is 4.79 Å². The van der Waals surface area contributed by atoms with E-state index in [-0.39, 0.29) is 11.9 Å². The van der Waals surface area contributed by atoms with Crippen molar-refractivity contribution in [3.63, 3.8) is 0 Å². The van der Waals surface area contributed by atoms with Crippen LogP contribution < -0.4 is 15.4 Å². The molecule has 0 spiro atoms. The van der Waals surface area contributed by atoms with E-state index in [9.17, 15) is 14.4 Å². The highest BCUT2D eigenvalue weighted by Crippen LogP contribution is 2.28. The molecule has 1 heterocycles. The van der Waals surface area contributed by atoms with Gasteiger partial charge in [-0.05, 0) is 54.4 Å². The molecule has 1 saturated heterocycles. The summed E-state index contributed by atoms with van der Waals surface area (Å²) < 4.78 is 5.74. The molecule has 2 aromatic rings. The highest BCUT2D eigenvalue weighted by molar-refractivity contribution is 8.18. The van der Waals surface area contributed by atoms with Gasteiger partial charge in [-0.2, -0.15) is 0 Å². The Morgan fingerprint density at radius 1 is 1.21 bits per heavy atom. The fraction of sp³-hybridized carbons (Fsp3) is 0.227. The summed E-state index contributed by atoms with van der Waals surface area (Å²) in [5, 5.41) is 4.80. The number of carbonyl (C=O) groups is 3. The Bertz CT molecular complexity index is 957. The number of thioether (sulfide) groups is 1. The molecule has 29 heavy (non-hydrogen) atoms. The van der Waals surface area contributed by atoms with Crippen LogP contribution in [0.3, 0.4) is 0 Å². The zero-order chi connectivity index (χ0) is 20.8. The monoisotopic (exact) mass is 410 g/mol. The summed E-state index contributed by atoms with van der Waals surface area (Å²) >= 11 is 0.838. The van der Waals surface area contributed by atoms with Gasteiger partial charge in [-0.1, -0.05) is 43.3 Å². The fourth-order valence-corrected chi connectivity index (χ4v) is 3.51. The smallest absolute Gasteiger partial charge is 0.290 e. The second-order valence-electron chi connectivity index (χ2n) is 6.56. The molecule has 0 unspecified atom stereocenters. The average molecular weight is 410 g/mol. The maximum absolute atomic E-state index is 13.0. The molecule has 1 aliphatic heterocycles. The van der Waals surface area contributed by atoms with Gasteiger partial charge < -0.3 is 10.1 Å². The molecule has 2 aromatic carbocycles. The van der Waals surface area contributed by atoms with E-state index in [0.717, 1.165) is 23.7 Å². The topological polar surface area (TPSA) is 84.5 Å². The number of imide groups is 1. The normalized spacial score (nSPS) is 15.9. The molecule has 2 N–H and O–H groups in total. The molecule has 0 bridgehead atoms. The number of rotatable bonds is 7. The molecule has 0 radical (unpaired) electrons. The van der Waals surface area contributed by atoms with Gasteiger partial charge in [-0.3, -0.25) is 19.7 Å². The number of nitrogens with one attached hydrogen (secondary N) is 2. The number of benzene rings is 2. The third-order valence-electron chi connectivity index (χ3n) is 4.30. The molecule has 3 rings (SSSR count). The predicted molar refractivity (Wildman–Crippen MR) is 114 cm³/mol. The largest absolute Gasteiger partial charge is 0.493 e. The molecule has 150 valence electrons. The molecule has 6 nitrogen and oxygen atoms in total. The lowest BCUT2D eigenvalue weighted by atomic mass is 10.1. The summed E-state index contributed by atoms with van der Waals surface area (Å²) in [6, 6.07) is 14.6. The van der Waals surface area contributed by atoms with Crippen LogP contribution in [0.5, 0.6) is 5.75 Å². The third-order valence-corrected chi connectivity index (χ3v) is 5.11. The Kier molecular flexibility index (Phi) is 6.72. The second-order valence-corrected chi connectivity index (χ2v) is 7.58. The Morgan fingerprint density at radius 2 is 1.97 bits per heavy atom. The van der Waals surface area contributed by atoms with Crippen LogP contribution in [0.1, 0.15) is 47.8 Å². The molecule has 7 heteroatoms. The molecule has 0 aliphatic carbocycles. The maximum atomic E-state index is 13.0. The van der Waals surface area contributed by atoms with Gasteiger partial charge in [0.05, 0.1) is 23.1 Å². The van der Waals surface area contributed by atoms with Gasteiger partial charge >= 0.3 is 0 Å². The molecular weight excluding hydrogens is 388 g/mol. The van der Waals surface area contributed by atoms with Gasteiger partial charge in [-0.15, -0.1) is 0 Å². The van der Waals surface area contributed by atoms with E-state index >= 15 is 0 Å². The first-order valence-corrected chi connectivity index (χ1v) is 10.2. The van der Waals surface area contributed by atoms with E-state index in [0.29, 0.717) is 28.4 Å².